The average Bonchev–Trinajstić information content (AvgIpc) is 3.75. The van der Waals surface area contributed by atoms with E-state index in [1.165, 1.54) is 14.2 Å². The van der Waals surface area contributed by atoms with Crippen molar-refractivity contribution in [2.45, 2.75) is 70.2 Å². The van der Waals surface area contributed by atoms with Gasteiger partial charge in [-0.2, -0.15) is 0 Å². The van der Waals surface area contributed by atoms with Crippen molar-refractivity contribution in [2.24, 2.45) is 17.3 Å². The van der Waals surface area contributed by atoms with Crippen LogP contribution in [0.2, 0.25) is 0 Å². The minimum Gasteiger partial charge on any atom is -0.453 e. The van der Waals surface area contributed by atoms with E-state index in [1.54, 1.807) is 12.0 Å². The Bertz CT molecular complexity index is 3030. The van der Waals surface area contributed by atoms with Gasteiger partial charge in [-0.3, -0.25) is 9.59 Å². The van der Waals surface area contributed by atoms with Gasteiger partial charge in [0.25, 0.3) is 5.91 Å². The summed E-state index contributed by atoms with van der Waals surface area (Å²) in [6.45, 7) is 6.76. The molecule has 0 radical (unpaired) electrons. The number of alkyl carbamates (subject to hydrolysis) is 2. The molecule has 0 spiro atoms. The fourth-order valence-electron chi connectivity index (χ4n) is 10.4. The molecule has 15 nitrogen and oxygen atoms in total. The standard InChI is InChI=1S/C51H54N8O7/c1-51(2,3)44(57-50(63)66-6)48(61)59-38-23-33(38)24-40(59)46-53-37-19-15-32-22-30(13-17-35(32)43(37)55-46)29-12-16-34-31(21-29)14-18-36-42(34)54-45(52-36)39-20-27(26-64-4)25-58(39)47(60)41(56-49(62)65-5)28-10-8-7-9-11-28/h7-19,21-22,27,33,38-41,44H,20,23-26H2,1-6H3,(H,52,54)(H,53,55)(H,56,62)(H,57,63)/t27-,33?,38?,39-,40-,41+,44+/m0/s1. The zero-order chi connectivity index (χ0) is 46.0. The summed E-state index contributed by atoms with van der Waals surface area (Å²) in [5.41, 5.74) is 5.68. The number of nitrogens with zero attached hydrogens (tertiary/aromatic N) is 4. The van der Waals surface area contributed by atoms with E-state index in [1.807, 2.05) is 68.1 Å². The van der Waals surface area contributed by atoms with Gasteiger partial charge in [0, 0.05) is 36.4 Å². The Hall–Kier alpha value is -7.00. The van der Waals surface area contributed by atoms with Crippen LogP contribution in [0.3, 0.4) is 0 Å². The van der Waals surface area contributed by atoms with Gasteiger partial charge in [-0.05, 0) is 82.3 Å². The van der Waals surface area contributed by atoms with E-state index in [0.29, 0.717) is 36.9 Å². The molecule has 66 heavy (non-hydrogen) atoms. The number of nitrogens with one attached hydrogen (secondary N) is 4. The van der Waals surface area contributed by atoms with Crippen LogP contribution in [0.25, 0.3) is 54.7 Å². The van der Waals surface area contributed by atoms with E-state index in [2.05, 4.69) is 69.1 Å². The molecule has 1 aliphatic carbocycles. The molecule has 7 atom stereocenters. The number of aromatic amines is 2. The van der Waals surface area contributed by atoms with Crippen molar-refractivity contribution in [1.29, 1.82) is 0 Å². The number of methoxy groups -OCH3 is 3. The average molecular weight is 891 g/mol. The number of piperidine rings is 1. The Morgan fingerprint density at radius 1 is 0.712 bits per heavy atom. The van der Waals surface area contributed by atoms with Gasteiger partial charge >= 0.3 is 12.2 Å². The maximum atomic E-state index is 14.4. The fourth-order valence-corrected chi connectivity index (χ4v) is 10.4. The minimum absolute atomic E-state index is 0.0721. The van der Waals surface area contributed by atoms with Crippen molar-refractivity contribution in [3.05, 3.63) is 108 Å². The molecule has 4 amide bonds. The first-order valence-electron chi connectivity index (χ1n) is 22.5. The Labute approximate surface area is 381 Å². The lowest BCUT2D eigenvalue weighted by atomic mass is 9.85. The molecule has 7 aromatic rings. The van der Waals surface area contributed by atoms with Crippen LogP contribution in [0, 0.1) is 17.3 Å². The first-order chi connectivity index (χ1) is 31.8. The predicted molar refractivity (Wildman–Crippen MR) is 250 cm³/mol. The third-order valence-electron chi connectivity index (χ3n) is 13.8. The van der Waals surface area contributed by atoms with Crippen molar-refractivity contribution in [1.82, 2.24) is 40.4 Å². The SMILES string of the molecule is COC[C@H]1C[C@@H](c2nc3ccc4cc(-c5ccc6c(ccc7nc([C@@H]8CC9CC9N8C(=O)[C@@H](NC(=O)OC)C(C)(C)C)[nH]c76)c5)ccc4c3[nH]2)N(C(=O)[C@H](NC(=O)OC)c2ccccc2)C1. The van der Waals surface area contributed by atoms with Gasteiger partial charge in [0.1, 0.15) is 23.7 Å². The summed E-state index contributed by atoms with van der Waals surface area (Å²) in [4.78, 5) is 74.5. The van der Waals surface area contributed by atoms with Gasteiger partial charge < -0.3 is 44.6 Å². The molecule has 0 bridgehead atoms. The van der Waals surface area contributed by atoms with Crippen LogP contribution in [-0.2, 0) is 23.8 Å². The van der Waals surface area contributed by atoms with E-state index in [-0.39, 0.29) is 35.9 Å². The summed E-state index contributed by atoms with van der Waals surface area (Å²) >= 11 is 0. The van der Waals surface area contributed by atoms with Crippen LogP contribution in [0.15, 0.2) is 91.0 Å². The van der Waals surface area contributed by atoms with Crippen LogP contribution >= 0.6 is 0 Å². The molecule has 2 unspecified atom stereocenters. The largest absolute Gasteiger partial charge is 0.453 e. The molecule has 2 saturated heterocycles. The number of hydrogen-bond donors (Lipinski definition) is 4. The Kier molecular flexibility index (Phi) is 10.9. The number of likely N-dealkylation sites (tertiary alicyclic amines) is 2. The molecule has 3 aliphatic rings. The lowest BCUT2D eigenvalue weighted by molar-refractivity contribution is -0.138. The van der Waals surface area contributed by atoms with Gasteiger partial charge in [-0.15, -0.1) is 0 Å². The van der Waals surface area contributed by atoms with Gasteiger partial charge in [0.05, 0.1) is 55.0 Å². The van der Waals surface area contributed by atoms with E-state index >= 15 is 0 Å². The number of imidazole rings is 2. The summed E-state index contributed by atoms with van der Waals surface area (Å²) in [5.74, 6) is 1.55. The molecule has 5 aromatic carbocycles. The molecule has 15 heteroatoms. The first kappa shape index (κ1) is 42.9. The molecule has 1 saturated carbocycles. The smallest absolute Gasteiger partial charge is 0.407 e. The second kappa shape index (κ2) is 16.8. The molecule has 3 fully saturated rings. The molecular weight excluding hydrogens is 837 g/mol. The van der Waals surface area contributed by atoms with Gasteiger partial charge in [-0.1, -0.05) is 87.5 Å². The van der Waals surface area contributed by atoms with Crippen LogP contribution in [-0.4, -0.2) is 100 Å². The van der Waals surface area contributed by atoms with Crippen molar-refractivity contribution in [3.63, 3.8) is 0 Å². The maximum Gasteiger partial charge on any atom is 0.407 e. The summed E-state index contributed by atoms with van der Waals surface area (Å²) in [6, 6.07) is 28.1. The van der Waals surface area contributed by atoms with E-state index in [4.69, 9.17) is 24.2 Å². The number of fused-ring (bicyclic) bond motifs is 7. The highest BCUT2D eigenvalue weighted by Crippen LogP contribution is 2.54. The summed E-state index contributed by atoms with van der Waals surface area (Å²) < 4.78 is 15.3. The number of aromatic nitrogens is 4. The fraction of sp³-hybridized carbons (Fsp3) is 0.373. The van der Waals surface area contributed by atoms with Crippen molar-refractivity contribution >= 4 is 67.6 Å². The van der Waals surface area contributed by atoms with Crippen molar-refractivity contribution in [3.8, 4) is 11.1 Å². The van der Waals surface area contributed by atoms with Gasteiger partial charge in [-0.25, -0.2) is 19.6 Å². The first-order valence-corrected chi connectivity index (χ1v) is 22.5. The highest BCUT2D eigenvalue weighted by molar-refractivity contribution is 6.07. The van der Waals surface area contributed by atoms with Crippen LogP contribution in [0.5, 0.6) is 0 Å². The number of carbonyl (C=O) groups is 4. The zero-order valence-electron chi connectivity index (χ0n) is 37.9. The van der Waals surface area contributed by atoms with Crippen LogP contribution < -0.4 is 10.6 Å². The van der Waals surface area contributed by atoms with Gasteiger partial charge in [0.15, 0.2) is 0 Å². The Morgan fingerprint density at radius 2 is 1.30 bits per heavy atom. The summed E-state index contributed by atoms with van der Waals surface area (Å²) in [7, 11) is 4.25. The third-order valence-corrected chi connectivity index (χ3v) is 13.8. The second-order valence-electron chi connectivity index (χ2n) is 19.1. The summed E-state index contributed by atoms with van der Waals surface area (Å²) in [5, 5.41) is 9.69. The molecule has 340 valence electrons. The molecule has 2 aromatic heterocycles. The van der Waals surface area contributed by atoms with Crippen molar-refractivity contribution < 1.29 is 33.4 Å². The van der Waals surface area contributed by atoms with E-state index in [0.717, 1.165) is 73.4 Å². The number of hydrogen-bond acceptors (Lipinski definition) is 9. The topological polar surface area (TPSA) is 184 Å². The molecule has 4 heterocycles. The minimum atomic E-state index is -0.944. The van der Waals surface area contributed by atoms with E-state index in [9.17, 15) is 19.2 Å². The van der Waals surface area contributed by atoms with Crippen molar-refractivity contribution in [2.75, 3.05) is 34.5 Å². The van der Waals surface area contributed by atoms with Gasteiger partial charge in [0.2, 0.25) is 5.91 Å². The number of ether oxygens (including phenoxy) is 3. The monoisotopic (exact) mass is 890 g/mol. The Morgan fingerprint density at radius 3 is 1.88 bits per heavy atom. The number of H-pyrrole nitrogens is 2. The highest BCUT2D eigenvalue weighted by Gasteiger charge is 2.57. The lowest BCUT2D eigenvalue weighted by Crippen LogP contribution is -2.55. The second-order valence-corrected chi connectivity index (χ2v) is 19.1. The van der Waals surface area contributed by atoms with E-state index < -0.39 is 29.7 Å². The quantitative estimate of drug-likeness (QED) is 0.105. The number of amides is 4. The summed E-state index contributed by atoms with van der Waals surface area (Å²) in [6.07, 6.45) is 1.10. The molecular formula is C51H54N8O7. The zero-order valence-corrected chi connectivity index (χ0v) is 37.9. The molecule has 4 N–H and O–H groups in total. The number of rotatable bonds is 10. The predicted octanol–water partition coefficient (Wildman–Crippen LogP) is 8.48. The molecule has 10 rings (SSSR count). The normalized spacial score (nSPS) is 21.3. The number of benzene rings is 5. The third kappa shape index (κ3) is 7.74. The highest BCUT2D eigenvalue weighted by atomic mass is 16.5. The number of carbonyl (C=O) groups excluding carboxylic acids is 4. The Balaban J connectivity index is 0.927. The molecule has 2 aliphatic heterocycles. The maximum absolute atomic E-state index is 14.4. The van der Waals surface area contributed by atoms with Crippen LogP contribution in [0.1, 0.15) is 75.4 Å². The lowest BCUT2D eigenvalue weighted by Gasteiger charge is -2.36. The van der Waals surface area contributed by atoms with Crippen LogP contribution in [0.4, 0.5) is 9.59 Å².